The summed E-state index contributed by atoms with van der Waals surface area (Å²) in [5, 5.41) is 11.1. The van der Waals surface area contributed by atoms with Crippen LogP contribution >= 0.6 is 11.6 Å². The summed E-state index contributed by atoms with van der Waals surface area (Å²) in [5.41, 5.74) is 0. The molecule has 106 valence electrons. The molecule has 6 nitrogen and oxygen atoms in total. The van der Waals surface area contributed by atoms with Crippen molar-refractivity contribution in [3.8, 4) is 11.5 Å². The topological polar surface area (TPSA) is 83.2 Å². The quantitative estimate of drug-likeness (QED) is 0.489. The predicted molar refractivity (Wildman–Crippen MR) is 72.4 cm³/mol. The average Bonchev–Trinajstić information content (AvgIpc) is 2.44. The van der Waals surface area contributed by atoms with Crippen LogP contribution < -0.4 is 9.47 Å². The van der Waals surface area contributed by atoms with Crippen molar-refractivity contribution in [3.05, 3.63) is 47.0 Å². The molecule has 8 heteroatoms. The van der Waals surface area contributed by atoms with E-state index < -0.39 is 9.84 Å². The summed E-state index contributed by atoms with van der Waals surface area (Å²) in [5.74, 6) is 0.422. The number of halogens is 1. The predicted octanol–water partition coefficient (Wildman–Crippen LogP) is 1.95. The van der Waals surface area contributed by atoms with Crippen molar-refractivity contribution in [3.63, 3.8) is 0 Å². The smallest absolute Gasteiger partial charge is 0.329 e. The van der Waals surface area contributed by atoms with Crippen LogP contribution in [0.15, 0.2) is 41.7 Å². The second-order valence-corrected chi connectivity index (χ2v) is 6.41. The van der Waals surface area contributed by atoms with Gasteiger partial charge in [-0.2, -0.15) is 4.73 Å². The summed E-state index contributed by atoms with van der Waals surface area (Å²) in [6, 6.07) is 5.80. The molecule has 0 fully saturated rings. The summed E-state index contributed by atoms with van der Waals surface area (Å²) >= 11 is 5.78. The molecule has 0 atom stereocenters. The van der Waals surface area contributed by atoms with Crippen LogP contribution in [0.5, 0.6) is 11.5 Å². The van der Waals surface area contributed by atoms with E-state index in [2.05, 4.69) is 4.98 Å². The molecular weight excluding hydrogens is 304 g/mol. The van der Waals surface area contributed by atoms with Crippen LogP contribution in [0.25, 0.3) is 0 Å². The summed E-state index contributed by atoms with van der Waals surface area (Å²) in [6.45, 7) is 1.54. The average molecular weight is 315 g/mol. The minimum Gasteiger partial charge on any atom is -0.618 e. The van der Waals surface area contributed by atoms with E-state index in [4.69, 9.17) is 16.3 Å². The zero-order valence-corrected chi connectivity index (χ0v) is 12.1. The third-order valence-electron chi connectivity index (χ3n) is 2.50. The molecule has 0 saturated heterocycles. The number of ether oxygens (including phenoxy) is 1. The highest BCUT2D eigenvalue weighted by Gasteiger charge is 2.15. The fraction of sp³-hybridized carbons (Fsp3) is 0.167. The highest BCUT2D eigenvalue weighted by atomic mass is 35.5. The number of sulfone groups is 1. The molecule has 0 bridgehead atoms. The van der Waals surface area contributed by atoms with E-state index in [1.54, 1.807) is 0 Å². The van der Waals surface area contributed by atoms with E-state index in [1.807, 2.05) is 0 Å². The Morgan fingerprint density at radius 1 is 1.40 bits per heavy atom. The third kappa shape index (κ3) is 3.00. The molecule has 2 heterocycles. The van der Waals surface area contributed by atoms with Crippen molar-refractivity contribution in [2.24, 2.45) is 0 Å². The Hall–Kier alpha value is -1.86. The largest absolute Gasteiger partial charge is 0.618 e. The summed E-state index contributed by atoms with van der Waals surface area (Å²) in [7, 11) is -3.35. The second kappa shape index (κ2) is 5.64. The Morgan fingerprint density at radius 3 is 2.75 bits per heavy atom. The molecule has 20 heavy (non-hydrogen) atoms. The van der Waals surface area contributed by atoms with E-state index in [9.17, 15) is 13.6 Å². The fourth-order valence-electron chi connectivity index (χ4n) is 1.41. The molecule has 2 aromatic heterocycles. The molecule has 0 aliphatic heterocycles. The van der Waals surface area contributed by atoms with Crippen molar-refractivity contribution in [2.45, 2.75) is 11.9 Å². The molecule has 0 amide bonds. The first kappa shape index (κ1) is 14.5. The second-order valence-electron chi connectivity index (χ2n) is 3.83. The fourth-order valence-corrected chi connectivity index (χ4v) is 2.36. The number of nitrogens with zero attached hydrogens (tertiary/aromatic N) is 2. The van der Waals surface area contributed by atoms with Crippen LogP contribution in [0.2, 0.25) is 5.15 Å². The van der Waals surface area contributed by atoms with E-state index in [1.165, 1.54) is 43.6 Å². The minimum atomic E-state index is -3.35. The van der Waals surface area contributed by atoms with Gasteiger partial charge in [0, 0.05) is 6.07 Å². The third-order valence-corrected chi connectivity index (χ3v) is 4.49. The first-order valence-electron chi connectivity index (χ1n) is 5.68. The van der Waals surface area contributed by atoms with Gasteiger partial charge in [-0.05, 0) is 29.8 Å². The lowest BCUT2D eigenvalue weighted by molar-refractivity contribution is -0.603. The minimum absolute atomic E-state index is 0.0228. The van der Waals surface area contributed by atoms with E-state index in [0.29, 0.717) is 4.73 Å². The summed E-state index contributed by atoms with van der Waals surface area (Å²) < 4.78 is 29.0. The molecule has 0 radical (unpaired) electrons. The maximum absolute atomic E-state index is 11.6. The van der Waals surface area contributed by atoms with Gasteiger partial charge >= 0.3 is 5.15 Å². The Labute approximate surface area is 121 Å². The Morgan fingerprint density at radius 2 is 2.15 bits per heavy atom. The van der Waals surface area contributed by atoms with Gasteiger partial charge in [-0.15, -0.1) is 0 Å². The number of hydrogen-bond donors (Lipinski definition) is 0. The molecule has 0 spiro atoms. The zero-order valence-electron chi connectivity index (χ0n) is 10.5. The molecule has 0 aliphatic rings. The maximum atomic E-state index is 11.6. The highest BCUT2D eigenvalue weighted by Crippen LogP contribution is 2.26. The zero-order chi connectivity index (χ0) is 14.8. The summed E-state index contributed by atoms with van der Waals surface area (Å²) in [4.78, 5) is 3.83. The van der Waals surface area contributed by atoms with Crippen LogP contribution in [0.3, 0.4) is 0 Å². The first-order valence-corrected chi connectivity index (χ1v) is 7.71. The lowest BCUT2D eigenvalue weighted by Gasteiger charge is -2.07. The van der Waals surface area contributed by atoms with Crippen LogP contribution in [0, 0.1) is 5.21 Å². The van der Waals surface area contributed by atoms with Gasteiger partial charge in [-0.25, -0.2) is 13.4 Å². The van der Waals surface area contributed by atoms with Crippen molar-refractivity contribution < 1.29 is 17.9 Å². The van der Waals surface area contributed by atoms with Crippen LogP contribution in [-0.4, -0.2) is 19.2 Å². The van der Waals surface area contributed by atoms with Gasteiger partial charge in [-0.1, -0.05) is 6.92 Å². The molecule has 0 aliphatic carbocycles. The number of hydrogen-bond acceptors (Lipinski definition) is 5. The monoisotopic (exact) mass is 314 g/mol. The normalized spacial score (nSPS) is 11.3. The molecule has 0 saturated carbocycles. The van der Waals surface area contributed by atoms with Crippen LogP contribution in [-0.2, 0) is 9.84 Å². The van der Waals surface area contributed by atoms with E-state index in [-0.39, 0.29) is 27.4 Å². The SMILES string of the molecule is CCS(=O)(=O)c1ccc(Oc2ccc[n+]([O-])c2Cl)cn1. The van der Waals surface area contributed by atoms with Gasteiger partial charge in [0.05, 0.1) is 11.9 Å². The Kier molecular flexibility index (Phi) is 4.10. The van der Waals surface area contributed by atoms with Crippen molar-refractivity contribution in [1.29, 1.82) is 0 Å². The summed E-state index contributed by atoms with van der Waals surface area (Å²) in [6.07, 6.45) is 2.51. The van der Waals surface area contributed by atoms with Crippen molar-refractivity contribution >= 4 is 21.4 Å². The number of pyridine rings is 2. The highest BCUT2D eigenvalue weighted by molar-refractivity contribution is 7.91. The van der Waals surface area contributed by atoms with Crippen molar-refractivity contribution in [1.82, 2.24) is 4.98 Å². The van der Waals surface area contributed by atoms with Crippen LogP contribution in [0.1, 0.15) is 6.92 Å². The maximum Gasteiger partial charge on any atom is 0.329 e. The van der Waals surface area contributed by atoms with Gasteiger partial charge in [0.1, 0.15) is 5.75 Å². The number of aromatic nitrogens is 2. The molecule has 0 unspecified atom stereocenters. The molecule has 2 aromatic rings. The Bertz CT molecular complexity index is 717. The number of rotatable bonds is 4. The van der Waals surface area contributed by atoms with E-state index in [0.717, 1.165) is 0 Å². The molecule has 2 rings (SSSR count). The standard InChI is InChI=1S/C12H11ClN2O4S/c1-2-20(17,18)11-6-5-9(8-14-11)19-10-4-3-7-15(16)12(10)13/h3-8H,2H2,1H3. The van der Waals surface area contributed by atoms with Gasteiger partial charge in [0.15, 0.2) is 21.1 Å². The Balaban J connectivity index is 2.26. The molecule has 0 aromatic carbocycles. The van der Waals surface area contributed by atoms with Gasteiger partial charge < -0.3 is 9.94 Å². The van der Waals surface area contributed by atoms with Gasteiger partial charge in [-0.3, -0.25) is 0 Å². The van der Waals surface area contributed by atoms with Gasteiger partial charge in [0.25, 0.3) is 0 Å². The van der Waals surface area contributed by atoms with Gasteiger partial charge in [0.2, 0.25) is 5.75 Å². The lowest BCUT2D eigenvalue weighted by Crippen LogP contribution is -2.26. The van der Waals surface area contributed by atoms with E-state index >= 15 is 0 Å². The lowest BCUT2D eigenvalue weighted by atomic mass is 10.4. The molecule has 0 N–H and O–H groups in total. The van der Waals surface area contributed by atoms with Crippen molar-refractivity contribution in [2.75, 3.05) is 5.75 Å². The molecular formula is C12H11ClN2O4S. The van der Waals surface area contributed by atoms with Crippen LogP contribution in [0.4, 0.5) is 0 Å². The first-order chi connectivity index (χ1) is 9.44.